The van der Waals surface area contributed by atoms with E-state index in [1.54, 1.807) is 0 Å². The van der Waals surface area contributed by atoms with Gasteiger partial charge in [-0.25, -0.2) is 4.98 Å². The van der Waals surface area contributed by atoms with Crippen LogP contribution in [0.5, 0.6) is 0 Å². The molecular formula is C23H34N2. The van der Waals surface area contributed by atoms with Crippen molar-refractivity contribution in [3.8, 4) is 0 Å². The summed E-state index contributed by atoms with van der Waals surface area (Å²) < 4.78 is 0. The number of aromatic nitrogens is 1. The van der Waals surface area contributed by atoms with Crippen LogP contribution in [0, 0.1) is 5.92 Å². The third-order valence-corrected chi connectivity index (χ3v) is 5.16. The van der Waals surface area contributed by atoms with Gasteiger partial charge in [-0.1, -0.05) is 57.9 Å². The molecule has 0 aliphatic carbocycles. The van der Waals surface area contributed by atoms with Crippen molar-refractivity contribution in [2.45, 2.75) is 72.3 Å². The number of rotatable bonds is 10. The summed E-state index contributed by atoms with van der Waals surface area (Å²) >= 11 is 0. The Kier molecular flexibility index (Phi) is 7.97. The molecule has 1 aromatic carbocycles. The summed E-state index contributed by atoms with van der Waals surface area (Å²) in [6.07, 6.45) is 8.91. The number of hydrogen-bond donors (Lipinski definition) is 1. The Bertz CT molecular complexity index is 631. The lowest BCUT2D eigenvalue weighted by atomic mass is 9.95. The fourth-order valence-corrected chi connectivity index (χ4v) is 3.44. The predicted octanol–water partition coefficient (Wildman–Crippen LogP) is 6.06. The molecule has 2 heteroatoms. The van der Waals surface area contributed by atoms with E-state index in [-0.39, 0.29) is 0 Å². The molecule has 25 heavy (non-hydrogen) atoms. The van der Waals surface area contributed by atoms with E-state index >= 15 is 0 Å². The summed E-state index contributed by atoms with van der Waals surface area (Å²) in [5, 5.41) is 3.59. The van der Waals surface area contributed by atoms with Gasteiger partial charge in [-0.2, -0.15) is 0 Å². The number of aryl methyl sites for hydroxylation is 3. The third kappa shape index (κ3) is 6.53. The van der Waals surface area contributed by atoms with Gasteiger partial charge < -0.3 is 5.32 Å². The minimum atomic E-state index is 0.467. The summed E-state index contributed by atoms with van der Waals surface area (Å²) in [5.74, 6) is 1.81. The van der Waals surface area contributed by atoms with E-state index in [1.807, 2.05) is 6.20 Å². The van der Waals surface area contributed by atoms with Crippen LogP contribution in [0.3, 0.4) is 0 Å². The van der Waals surface area contributed by atoms with Gasteiger partial charge in [-0.15, -0.1) is 0 Å². The van der Waals surface area contributed by atoms with E-state index < -0.39 is 0 Å². The fraction of sp³-hybridized carbons (Fsp3) is 0.522. The minimum Gasteiger partial charge on any atom is -0.368 e. The zero-order valence-electron chi connectivity index (χ0n) is 16.4. The van der Waals surface area contributed by atoms with Gasteiger partial charge in [-0.05, 0) is 67.3 Å². The van der Waals surface area contributed by atoms with E-state index in [9.17, 15) is 0 Å². The quantitative estimate of drug-likeness (QED) is 0.570. The molecule has 1 unspecified atom stereocenters. The molecule has 2 nitrogen and oxygen atoms in total. The maximum atomic E-state index is 4.51. The average Bonchev–Trinajstić information content (AvgIpc) is 2.65. The molecule has 1 aromatic heterocycles. The highest BCUT2D eigenvalue weighted by Gasteiger charge is 2.10. The van der Waals surface area contributed by atoms with Crippen LogP contribution in [0.15, 0.2) is 42.6 Å². The zero-order chi connectivity index (χ0) is 18.1. The van der Waals surface area contributed by atoms with Gasteiger partial charge in [0.15, 0.2) is 0 Å². The van der Waals surface area contributed by atoms with Crippen LogP contribution in [-0.2, 0) is 19.3 Å². The lowest BCUT2D eigenvalue weighted by Gasteiger charge is -2.20. The molecule has 0 amide bonds. The topological polar surface area (TPSA) is 24.9 Å². The molecule has 0 fully saturated rings. The summed E-state index contributed by atoms with van der Waals surface area (Å²) in [6, 6.07) is 13.8. The molecule has 1 heterocycles. The highest BCUT2D eigenvalue weighted by Crippen LogP contribution is 2.18. The van der Waals surface area contributed by atoms with Crippen molar-refractivity contribution < 1.29 is 0 Å². The molecule has 1 atom stereocenters. The van der Waals surface area contributed by atoms with Gasteiger partial charge in [0.1, 0.15) is 5.82 Å². The zero-order valence-corrected chi connectivity index (χ0v) is 16.4. The Morgan fingerprint density at radius 2 is 1.60 bits per heavy atom. The Balaban J connectivity index is 1.91. The molecule has 0 bridgehead atoms. The van der Waals surface area contributed by atoms with Crippen LogP contribution in [0.25, 0.3) is 0 Å². The third-order valence-electron chi connectivity index (χ3n) is 5.16. The van der Waals surface area contributed by atoms with Gasteiger partial charge in [0.05, 0.1) is 0 Å². The molecule has 0 aliphatic heterocycles. The van der Waals surface area contributed by atoms with Crippen LogP contribution < -0.4 is 5.32 Å². The highest BCUT2D eigenvalue weighted by molar-refractivity contribution is 5.38. The number of benzene rings is 1. The molecule has 0 radical (unpaired) electrons. The van der Waals surface area contributed by atoms with Crippen molar-refractivity contribution >= 4 is 5.82 Å². The minimum absolute atomic E-state index is 0.467. The van der Waals surface area contributed by atoms with Crippen LogP contribution in [0.4, 0.5) is 5.82 Å². The van der Waals surface area contributed by atoms with Crippen LogP contribution in [0.1, 0.15) is 63.6 Å². The predicted molar refractivity (Wildman–Crippen MR) is 109 cm³/mol. The van der Waals surface area contributed by atoms with Gasteiger partial charge in [0, 0.05) is 12.2 Å². The van der Waals surface area contributed by atoms with Crippen molar-refractivity contribution in [3.05, 3.63) is 59.3 Å². The van der Waals surface area contributed by atoms with Gasteiger partial charge in [0.2, 0.25) is 0 Å². The molecule has 0 saturated heterocycles. The fourth-order valence-electron chi connectivity index (χ4n) is 3.44. The summed E-state index contributed by atoms with van der Waals surface area (Å²) in [4.78, 5) is 4.51. The van der Waals surface area contributed by atoms with Crippen LogP contribution >= 0.6 is 0 Å². The smallest absolute Gasteiger partial charge is 0.126 e. The van der Waals surface area contributed by atoms with E-state index in [0.29, 0.717) is 6.04 Å². The standard InChI is InChI=1S/C23H34N2/c1-5-19(6-2)15-18(4)25-23-17-22(13-14-24-23)12-11-21-10-8-9-20(7-3)16-21/h8-10,13-14,16-19H,5-7,11-12,15H2,1-4H3,(H,24,25). The Labute approximate surface area is 154 Å². The SMILES string of the molecule is CCc1cccc(CCc2ccnc(NC(C)CC(CC)CC)c2)c1. The first-order valence-electron chi connectivity index (χ1n) is 9.93. The Morgan fingerprint density at radius 1 is 0.920 bits per heavy atom. The second kappa shape index (κ2) is 10.2. The summed E-state index contributed by atoms with van der Waals surface area (Å²) in [7, 11) is 0. The van der Waals surface area contributed by atoms with Crippen molar-refractivity contribution in [2.75, 3.05) is 5.32 Å². The molecule has 0 aliphatic rings. The second-order valence-electron chi connectivity index (χ2n) is 7.19. The maximum Gasteiger partial charge on any atom is 0.126 e. The van der Waals surface area contributed by atoms with Crippen LogP contribution in [-0.4, -0.2) is 11.0 Å². The molecule has 0 spiro atoms. The number of nitrogens with zero attached hydrogens (tertiary/aromatic N) is 1. The Morgan fingerprint density at radius 3 is 2.28 bits per heavy atom. The van der Waals surface area contributed by atoms with E-state index in [2.05, 4.69) is 74.4 Å². The lowest BCUT2D eigenvalue weighted by Crippen LogP contribution is -2.19. The van der Waals surface area contributed by atoms with E-state index in [0.717, 1.165) is 31.0 Å². The number of anilines is 1. The van der Waals surface area contributed by atoms with Crippen molar-refractivity contribution in [2.24, 2.45) is 5.92 Å². The van der Waals surface area contributed by atoms with E-state index in [1.165, 1.54) is 36.0 Å². The Hall–Kier alpha value is -1.83. The van der Waals surface area contributed by atoms with Crippen molar-refractivity contribution in [1.82, 2.24) is 4.98 Å². The first kappa shape index (κ1) is 19.5. The van der Waals surface area contributed by atoms with Crippen molar-refractivity contribution in [1.29, 1.82) is 0 Å². The summed E-state index contributed by atoms with van der Waals surface area (Å²) in [5.41, 5.74) is 4.20. The molecule has 1 N–H and O–H groups in total. The second-order valence-corrected chi connectivity index (χ2v) is 7.19. The van der Waals surface area contributed by atoms with Gasteiger partial charge in [0.25, 0.3) is 0 Å². The van der Waals surface area contributed by atoms with E-state index in [4.69, 9.17) is 0 Å². The number of hydrogen-bond acceptors (Lipinski definition) is 2. The monoisotopic (exact) mass is 338 g/mol. The first-order valence-corrected chi connectivity index (χ1v) is 9.93. The van der Waals surface area contributed by atoms with Gasteiger partial charge >= 0.3 is 0 Å². The molecule has 2 aromatic rings. The normalized spacial score (nSPS) is 12.4. The maximum absolute atomic E-state index is 4.51. The number of pyridine rings is 1. The first-order chi connectivity index (χ1) is 12.1. The van der Waals surface area contributed by atoms with Gasteiger partial charge in [-0.3, -0.25) is 0 Å². The summed E-state index contributed by atoms with van der Waals surface area (Å²) in [6.45, 7) is 9.05. The highest BCUT2D eigenvalue weighted by atomic mass is 15.0. The molecule has 0 saturated carbocycles. The average molecular weight is 339 g/mol. The molecule has 136 valence electrons. The lowest BCUT2D eigenvalue weighted by molar-refractivity contribution is 0.431. The molecule has 2 rings (SSSR count). The largest absolute Gasteiger partial charge is 0.368 e. The number of nitrogens with one attached hydrogen (secondary N) is 1. The van der Waals surface area contributed by atoms with Crippen LogP contribution in [0.2, 0.25) is 0 Å². The molecular weight excluding hydrogens is 304 g/mol. The van der Waals surface area contributed by atoms with Crippen molar-refractivity contribution in [3.63, 3.8) is 0 Å².